The third-order valence-electron chi connectivity index (χ3n) is 3.45. The smallest absolute Gasteiger partial charge is 0.276 e. The average molecular weight is 323 g/mol. The molecule has 2 amide bonds. The van der Waals surface area contributed by atoms with Crippen LogP contribution in [0.4, 0.5) is 0 Å². The highest BCUT2D eigenvalue weighted by Gasteiger charge is 2.08. The molecule has 1 heterocycles. The summed E-state index contributed by atoms with van der Waals surface area (Å²) in [6.45, 7) is -0.0515. The molecule has 1 aromatic heterocycles. The summed E-state index contributed by atoms with van der Waals surface area (Å²) in [6.07, 6.45) is 1.84. The Balaban J connectivity index is 1.46. The van der Waals surface area contributed by atoms with Crippen LogP contribution in [-0.2, 0) is 16.1 Å². The normalized spacial score (nSPS) is 10.3. The second-order valence-corrected chi connectivity index (χ2v) is 5.20. The molecule has 2 aromatic carbocycles. The van der Waals surface area contributed by atoms with Crippen molar-refractivity contribution in [2.24, 2.45) is 0 Å². The topological polar surface area (TPSA) is 72.4 Å². The summed E-state index contributed by atoms with van der Waals surface area (Å²) in [6, 6.07) is 18.7. The Morgan fingerprint density at radius 2 is 1.58 bits per heavy atom. The molecule has 122 valence electrons. The molecule has 0 spiro atoms. The van der Waals surface area contributed by atoms with Gasteiger partial charge in [0, 0.05) is 11.7 Å². The number of hydrazine groups is 1. The van der Waals surface area contributed by atoms with Crippen molar-refractivity contribution < 1.29 is 14.3 Å². The second-order valence-electron chi connectivity index (χ2n) is 5.20. The predicted molar refractivity (Wildman–Crippen MR) is 90.2 cm³/mol. The fraction of sp³-hybridized carbons (Fsp3) is 0.111. The maximum Gasteiger partial charge on any atom is 0.276 e. The fourth-order valence-electron chi connectivity index (χ4n) is 2.31. The van der Waals surface area contributed by atoms with Gasteiger partial charge in [-0.15, -0.1) is 0 Å². The van der Waals surface area contributed by atoms with Gasteiger partial charge < -0.3 is 9.30 Å². The molecule has 0 unspecified atom stereocenters. The number of fused-ring (bicyclic) bond motifs is 1. The van der Waals surface area contributed by atoms with Crippen molar-refractivity contribution in [3.63, 3.8) is 0 Å². The van der Waals surface area contributed by atoms with E-state index >= 15 is 0 Å². The molecular formula is C18H17N3O3. The number of para-hydroxylation sites is 2. The highest BCUT2D eigenvalue weighted by atomic mass is 16.5. The van der Waals surface area contributed by atoms with Gasteiger partial charge in [-0.05, 0) is 29.7 Å². The van der Waals surface area contributed by atoms with Crippen molar-refractivity contribution in [3.8, 4) is 5.75 Å². The van der Waals surface area contributed by atoms with Crippen LogP contribution in [0.5, 0.6) is 5.75 Å². The van der Waals surface area contributed by atoms with Crippen LogP contribution in [0.2, 0.25) is 0 Å². The van der Waals surface area contributed by atoms with Gasteiger partial charge in [-0.3, -0.25) is 20.4 Å². The molecule has 6 nitrogen and oxygen atoms in total. The van der Waals surface area contributed by atoms with Crippen molar-refractivity contribution in [1.29, 1.82) is 0 Å². The van der Waals surface area contributed by atoms with Crippen LogP contribution >= 0.6 is 0 Å². The molecule has 6 heteroatoms. The van der Waals surface area contributed by atoms with E-state index in [0.29, 0.717) is 5.75 Å². The number of carbonyl (C=O) groups is 2. The number of carbonyl (C=O) groups excluding carboxylic acids is 2. The number of nitrogens with zero attached hydrogens (tertiary/aromatic N) is 1. The zero-order valence-electron chi connectivity index (χ0n) is 12.9. The summed E-state index contributed by atoms with van der Waals surface area (Å²) < 4.78 is 7.11. The Bertz CT molecular complexity index is 843. The molecule has 3 aromatic rings. The molecule has 0 aliphatic carbocycles. The molecule has 0 saturated carbocycles. The van der Waals surface area contributed by atoms with E-state index < -0.39 is 5.91 Å². The maximum atomic E-state index is 11.9. The lowest BCUT2D eigenvalue weighted by Gasteiger charge is -2.09. The molecule has 0 radical (unpaired) electrons. The summed E-state index contributed by atoms with van der Waals surface area (Å²) in [5.74, 6) is -0.147. The van der Waals surface area contributed by atoms with E-state index in [1.807, 2.05) is 59.3 Å². The first-order chi connectivity index (χ1) is 11.7. The van der Waals surface area contributed by atoms with Gasteiger partial charge in [-0.25, -0.2) is 0 Å². The van der Waals surface area contributed by atoms with Crippen LogP contribution in [0.15, 0.2) is 66.9 Å². The van der Waals surface area contributed by atoms with E-state index in [4.69, 9.17) is 4.74 Å². The number of benzene rings is 2. The molecule has 0 bridgehead atoms. The zero-order valence-corrected chi connectivity index (χ0v) is 12.9. The molecular weight excluding hydrogens is 306 g/mol. The van der Waals surface area contributed by atoms with Crippen molar-refractivity contribution in [3.05, 3.63) is 66.9 Å². The molecule has 3 rings (SSSR count). The van der Waals surface area contributed by atoms with E-state index in [0.717, 1.165) is 10.9 Å². The van der Waals surface area contributed by atoms with Crippen LogP contribution in [0.1, 0.15) is 0 Å². The number of amides is 2. The standard InChI is InChI=1S/C18H17N3O3/c22-17(12-21-11-10-14-6-4-5-9-16(14)21)19-20-18(23)13-24-15-7-2-1-3-8-15/h1-11H,12-13H2,(H,19,22)(H,20,23). The average Bonchev–Trinajstić information content (AvgIpc) is 3.02. The Morgan fingerprint density at radius 1 is 0.875 bits per heavy atom. The first-order valence-electron chi connectivity index (χ1n) is 7.52. The zero-order chi connectivity index (χ0) is 16.8. The monoisotopic (exact) mass is 323 g/mol. The number of aromatic nitrogens is 1. The SMILES string of the molecule is O=C(COc1ccccc1)NNC(=O)Cn1ccc2ccccc21. The highest BCUT2D eigenvalue weighted by Crippen LogP contribution is 2.14. The number of hydrogen-bond acceptors (Lipinski definition) is 3. The van der Waals surface area contributed by atoms with Gasteiger partial charge in [0.05, 0.1) is 0 Å². The lowest BCUT2D eigenvalue weighted by Crippen LogP contribution is -2.45. The quantitative estimate of drug-likeness (QED) is 0.704. The molecule has 0 fully saturated rings. The van der Waals surface area contributed by atoms with Crippen LogP contribution in [0.3, 0.4) is 0 Å². The molecule has 0 aliphatic heterocycles. The van der Waals surface area contributed by atoms with Crippen molar-refractivity contribution in [1.82, 2.24) is 15.4 Å². The van der Waals surface area contributed by atoms with Gasteiger partial charge >= 0.3 is 0 Å². The number of ether oxygens (including phenoxy) is 1. The number of rotatable bonds is 5. The summed E-state index contributed by atoms with van der Waals surface area (Å²) in [4.78, 5) is 23.6. The number of hydrogen-bond donors (Lipinski definition) is 2. The largest absolute Gasteiger partial charge is 0.484 e. The third-order valence-corrected chi connectivity index (χ3v) is 3.45. The van der Waals surface area contributed by atoms with Crippen molar-refractivity contribution in [2.45, 2.75) is 6.54 Å². The summed E-state index contributed by atoms with van der Waals surface area (Å²) in [5, 5.41) is 1.06. The van der Waals surface area contributed by atoms with E-state index in [-0.39, 0.29) is 19.1 Å². The Labute approximate surface area is 139 Å². The minimum absolute atomic E-state index is 0.118. The number of nitrogens with one attached hydrogen (secondary N) is 2. The minimum Gasteiger partial charge on any atom is -0.484 e. The van der Waals surface area contributed by atoms with E-state index in [9.17, 15) is 9.59 Å². The lowest BCUT2D eigenvalue weighted by molar-refractivity contribution is -0.130. The summed E-state index contributed by atoms with van der Waals surface area (Å²) in [7, 11) is 0. The fourth-order valence-corrected chi connectivity index (χ4v) is 2.31. The van der Waals surface area contributed by atoms with Gasteiger partial charge in [-0.2, -0.15) is 0 Å². The Morgan fingerprint density at radius 3 is 2.42 bits per heavy atom. The highest BCUT2D eigenvalue weighted by molar-refractivity contribution is 5.85. The summed E-state index contributed by atoms with van der Waals surface area (Å²) >= 11 is 0. The Hall–Kier alpha value is -3.28. The Kier molecular flexibility index (Phi) is 4.76. The molecule has 0 aliphatic rings. The van der Waals surface area contributed by atoms with Gasteiger partial charge in [0.2, 0.25) is 0 Å². The van der Waals surface area contributed by atoms with E-state index in [1.54, 1.807) is 12.1 Å². The van der Waals surface area contributed by atoms with Crippen LogP contribution in [0, 0.1) is 0 Å². The van der Waals surface area contributed by atoms with Crippen LogP contribution in [-0.4, -0.2) is 23.0 Å². The summed E-state index contributed by atoms with van der Waals surface area (Å²) in [5.41, 5.74) is 5.68. The first-order valence-corrected chi connectivity index (χ1v) is 7.52. The molecule has 0 saturated heterocycles. The molecule has 2 N–H and O–H groups in total. The van der Waals surface area contributed by atoms with Crippen molar-refractivity contribution in [2.75, 3.05) is 6.61 Å². The lowest BCUT2D eigenvalue weighted by atomic mass is 10.2. The second kappa shape index (κ2) is 7.32. The van der Waals surface area contributed by atoms with E-state index in [1.165, 1.54) is 0 Å². The molecule has 0 atom stereocenters. The molecule has 24 heavy (non-hydrogen) atoms. The minimum atomic E-state index is -0.426. The van der Waals surface area contributed by atoms with Crippen LogP contribution < -0.4 is 15.6 Å². The van der Waals surface area contributed by atoms with Gasteiger partial charge in [0.15, 0.2) is 6.61 Å². The third kappa shape index (κ3) is 3.92. The van der Waals surface area contributed by atoms with Gasteiger partial charge in [0.25, 0.3) is 11.8 Å². The maximum absolute atomic E-state index is 11.9. The van der Waals surface area contributed by atoms with Crippen molar-refractivity contribution >= 4 is 22.7 Å². The van der Waals surface area contributed by atoms with Crippen LogP contribution in [0.25, 0.3) is 10.9 Å². The van der Waals surface area contributed by atoms with Gasteiger partial charge in [0.1, 0.15) is 12.3 Å². The predicted octanol–water partition coefficient (Wildman–Crippen LogP) is 1.87. The van der Waals surface area contributed by atoms with Gasteiger partial charge in [-0.1, -0.05) is 36.4 Å². The van der Waals surface area contributed by atoms with E-state index in [2.05, 4.69) is 10.9 Å². The first kappa shape index (κ1) is 15.6.